The van der Waals surface area contributed by atoms with Gasteiger partial charge in [0.25, 0.3) is 0 Å². The molecule has 4 heteroatoms. The number of hydrogen-bond donors (Lipinski definition) is 0. The maximum absolute atomic E-state index is 13.7. The number of esters is 1. The van der Waals surface area contributed by atoms with E-state index in [4.69, 9.17) is 4.74 Å². The van der Waals surface area contributed by atoms with Crippen molar-refractivity contribution in [2.24, 2.45) is 0 Å². The highest BCUT2D eigenvalue weighted by Crippen LogP contribution is 2.54. The van der Waals surface area contributed by atoms with Gasteiger partial charge in [0.2, 0.25) is 0 Å². The summed E-state index contributed by atoms with van der Waals surface area (Å²) in [6.07, 6.45) is 16.4. The van der Waals surface area contributed by atoms with Crippen LogP contribution in [-0.4, -0.2) is 30.6 Å². The van der Waals surface area contributed by atoms with E-state index in [1.54, 1.807) is 0 Å². The highest BCUT2D eigenvalue weighted by Gasteiger charge is 2.36. The molecule has 0 radical (unpaired) electrons. The molecule has 3 nitrogen and oxygen atoms in total. The summed E-state index contributed by atoms with van der Waals surface area (Å²) in [6, 6.07) is 0. The Kier molecular flexibility index (Phi) is 16.6. The molecule has 0 aliphatic rings. The Bertz CT molecular complexity index is 362. The summed E-state index contributed by atoms with van der Waals surface area (Å²) in [7, 11) is -2.50. The molecular formula is C22H45O3P. The van der Waals surface area contributed by atoms with E-state index in [1.165, 1.54) is 51.4 Å². The summed E-state index contributed by atoms with van der Waals surface area (Å²) < 4.78 is 19.0. The maximum Gasteiger partial charge on any atom is 0.316 e. The van der Waals surface area contributed by atoms with Gasteiger partial charge in [-0.15, -0.1) is 0 Å². The lowest BCUT2D eigenvalue weighted by Gasteiger charge is -2.26. The van der Waals surface area contributed by atoms with Gasteiger partial charge in [-0.2, -0.15) is 0 Å². The third-order valence-electron chi connectivity index (χ3n) is 5.29. The van der Waals surface area contributed by atoms with Crippen molar-refractivity contribution < 1.29 is 14.1 Å². The highest BCUT2D eigenvalue weighted by atomic mass is 31.2. The molecule has 0 aliphatic carbocycles. The first-order valence-electron chi connectivity index (χ1n) is 11.3. The number of unbranched alkanes of at least 4 members (excludes halogenated alkanes) is 10. The van der Waals surface area contributed by atoms with E-state index in [-0.39, 0.29) is 11.6 Å². The molecule has 0 aromatic carbocycles. The van der Waals surface area contributed by atoms with Gasteiger partial charge in [0.1, 0.15) is 12.8 Å². The van der Waals surface area contributed by atoms with Crippen molar-refractivity contribution in [1.82, 2.24) is 0 Å². The number of rotatable bonds is 18. The molecule has 0 saturated heterocycles. The van der Waals surface area contributed by atoms with Gasteiger partial charge in [0, 0.05) is 12.3 Å². The van der Waals surface area contributed by atoms with Gasteiger partial charge in [-0.3, -0.25) is 4.79 Å². The first-order valence-corrected chi connectivity index (χ1v) is 13.4. The average molecular weight is 389 g/mol. The second kappa shape index (κ2) is 16.8. The SMILES string of the molecule is CCCCCCCCP(=O)(CCCCCCCC)C(CC)C(=O)OCC. The molecule has 1 unspecified atom stereocenters. The summed E-state index contributed by atoms with van der Waals surface area (Å²) in [5.74, 6) is -0.227. The van der Waals surface area contributed by atoms with Crippen LogP contribution in [-0.2, 0) is 14.1 Å². The van der Waals surface area contributed by atoms with Gasteiger partial charge in [-0.1, -0.05) is 85.0 Å². The quantitative estimate of drug-likeness (QED) is 0.139. The Morgan fingerprint density at radius 2 is 1.15 bits per heavy atom. The minimum Gasteiger partial charge on any atom is -0.465 e. The molecule has 156 valence electrons. The van der Waals surface area contributed by atoms with E-state index in [2.05, 4.69) is 13.8 Å². The van der Waals surface area contributed by atoms with Crippen molar-refractivity contribution in [3.05, 3.63) is 0 Å². The molecule has 0 fully saturated rings. The fraction of sp³-hybridized carbons (Fsp3) is 0.955. The van der Waals surface area contributed by atoms with Crippen LogP contribution in [0.15, 0.2) is 0 Å². The first-order chi connectivity index (χ1) is 12.6. The van der Waals surface area contributed by atoms with E-state index in [0.29, 0.717) is 13.0 Å². The zero-order valence-electron chi connectivity index (χ0n) is 18.1. The van der Waals surface area contributed by atoms with Crippen LogP contribution < -0.4 is 0 Å². The molecule has 0 aromatic rings. The molecule has 0 rings (SSSR count). The molecule has 1 atom stereocenters. The first kappa shape index (κ1) is 25.7. The maximum atomic E-state index is 13.7. The predicted octanol–water partition coefficient (Wildman–Crippen LogP) is 7.41. The third kappa shape index (κ3) is 11.4. The summed E-state index contributed by atoms with van der Waals surface area (Å²) in [6.45, 7) is 8.64. The van der Waals surface area contributed by atoms with Crippen LogP contribution >= 0.6 is 7.14 Å². The van der Waals surface area contributed by atoms with Crippen molar-refractivity contribution in [3.63, 3.8) is 0 Å². The zero-order valence-corrected chi connectivity index (χ0v) is 19.0. The van der Waals surface area contributed by atoms with Crippen LogP contribution in [0.2, 0.25) is 0 Å². The van der Waals surface area contributed by atoms with Gasteiger partial charge in [-0.25, -0.2) is 0 Å². The topological polar surface area (TPSA) is 43.4 Å². The molecule has 0 spiro atoms. The second-order valence-corrected chi connectivity index (χ2v) is 11.0. The monoisotopic (exact) mass is 388 g/mol. The minimum atomic E-state index is -2.50. The van der Waals surface area contributed by atoms with E-state index in [1.807, 2.05) is 13.8 Å². The van der Waals surface area contributed by atoms with E-state index >= 15 is 0 Å². The number of carbonyl (C=O) groups is 1. The number of carbonyl (C=O) groups excluding carboxylic acids is 1. The van der Waals surface area contributed by atoms with Crippen molar-refractivity contribution in [3.8, 4) is 0 Å². The van der Waals surface area contributed by atoms with Gasteiger partial charge >= 0.3 is 5.97 Å². The van der Waals surface area contributed by atoms with Gasteiger partial charge in [-0.05, 0) is 26.2 Å². The fourth-order valence-corrected chi connectivity index (χ4v) is 7.16. The predicted molar refractivity (Wildman–Crippen MR) is 115 cm³/mol. The standard InChI is InChI=1S/C22H45O3P/c1-5-9-11-13-15-17-19-26(24,20-18-16-14-12-10-6-2)21(7-3)22(23)25-8-4/h21H,5-20H2,1-4H3. The molecule has 0 aliphatic heterocycles. The van der Waals surface area contributed by atoms with E-state index < -0.39 is 7.14 Å². The Morgan fingerprint density at radius 1 is 0.731 bits per heavy atom. The molecule has 26 heavy (non-hydrogen) atoms. The highest BCUT2D eigenvalue weighted by molar-refractivity contribution is 7.65. The van der Waals surface area contributed by atoms with Crippen molar-refractivity contribution in [2.45, 2.75) is 117 Å². The number of ether oxygens (including phenoxy) is 1. The van der Waals surface area contributed by atoms with E-state index in [0.717, 1.165) is 38.0 Å². The van der Waals surface area contributed by atoms with Crippen LogP contribution in [0, 0.1) is 0 Å². The third-order valence-corrected chi connectivity index (χ3v) is 9.15. The Morgan fingerprint density at radius 3 is 1.54 bits per heavy atom. The van der Waals surface area contributed by atoms with Crippen molar-refractivity contribution in [2.75, 3.05) is 18.9 Å². The van der Waals surface area contributed by atoms with Gasteiger partial charge in [0.15, 0.2) is 0 Å². The lowest BCUT2D eigenvalue weighted by Crippen LogP contribution is -2.25. The summed E-state index contributed by atoms with van der Waals surface area (Å²) in [5, 5.41) is 0. The van der Waals surface area contributed by atoms with Crippen molar-refractivity contribution in [1.29, 1.82) is 0 Å². The minimum absolute atomic E-state index is 0.227. The summed E-state index contributed by atoms with van der Waals surface area (Å²) in [5.41, 5.74) is -0.381. The fourth-order valence-electron chi connectivity index (χ4n) is 3.67. The zero-order chi connectivity index (χ0) is 19.7. The summed E-state index contributed by atoms with van der Waals surface area (Å²) in [4.78, 5) is 12.4. The molecule has 0 bridgehead atoms. The van der Waals surface area contributed by atoms with Crippen LogP contribution in [0.25, 0.3) is 0 Å². The van der Waals surface area contributed by atoms with Crippen LogP contribution in [0.5, 0.6) is 0 Å². The molecular weight excluding hydrogens is 343 g/mol. The summed E-state index contributed by atoms with van der Waals surface area (Å²) >= 11 is 0. The molecule has 0 N–H and O–H groups in total. The van der Waals surface area contributed by atoms with Crippen LogP contribution in [0.4, 0.5) is 0 Å². The van der Waals surface area contributed by atoms with Crippen LogP contribution in [0.3, 0.4) is 0 Å². The van der Waals surface area contributed by atoms with E-state index in [9.17, 15) is 9.36 Å². The molecule has 0 heterocycles. The molecule has 0 saturated carbocycles. The number of hydrogen-bond acceptors (Lipinski definition) is 3. The lowest BCUT2D eigenvalue weighted by atomic mass is 10.1. The molecule has 0 aromatic heterocycles. The Balaban J connectivity index is 4.62. The van der Waals surface area contributed by atoms with Crippen LogP contribution in [0.1, 0.15) is 111 Å². The van der Waals surface area contributed by atoms with Gasteiger partial charge < -0.3 is 9.30 Å². The Labute approximate surface area is 163 Å². The molecule has 0 amide bonds. The Hall–Kier alpha value is -0.300. The average Bonchev–Trinajstić information content (AvgIpc) is 2.62. The lowest BCUT2D eigenvalue weighted by molar-refractivity contribution is -0.142. The smallest absolute Gasteiger partial charge is 0.316 e. The normalized spacial score (nSPS) is 12.9. The van der Waals surface area contributed by atoms with Gasteiger partial charge in [0.05, 0.1) is 6.61 Å². The van der Waals surface area contributed by atoms with Crippen molar-refractivity contribution >= 4 is 13.1 Å². The largest absolute Gasteiger partial charge is 0.465 e. The second-order valence-electron chi connectivity index (χ2n) is 7.61.